The smallest absolute Gasteiger partial charge is 0.194 e. The average molecular weight is 304 g/mol. The number of thiazole rings is 1. The van der Waals surface area contributed by atoms with Crippen LogP contribution in [0.5, 0.6) is 0 Å². The summed E-state index contributed by atoms with van der Waals surface area (Å²) in [5.41, 5.74) is 2.58. The predicted molar refractivity (Wildman–Crippen MR) is 86.9 cm³/mol. The van der Waals surface area contributed by atoms with Gasteiger partial charge < -0.3 is 0 Å². The summed E-state index contributed by atoms with van der Waals surface area (Å²) in [5, 5.41) is 2.13. The van der Waals surface area contributed by atoms with Crippen LogP contribution in [0.1, 0.15) is 37.1 Å². The second-order valence-electron chi connectivity index (χ2n) is 6.47. The first-order valence-corrected chi connectivity index (χ1v) is 9.06. The van der Waals surface area contributed by atoms with Crippen molar-refractivity contribution in [2.24, 2.45) is 0 Å². The van der Waals surface area contributed by atoms with Crippen LogP contribution in [-0.2, 0) is 6.54 Å². The number of aromatic nitrogens is 2. The lowest BCUT2D eigenvalue weighted by molar-refractivity contribution is 0.109. The van der Waals surface area contributed by atoms with Crippen LogP contribution in [0.2, 0.25) is 0 Å². The molecule has 0 saturated carbocycles. The van der Waals surface area contributed by atoms with Crippen LogP contribution in [0.4, 0.5) is 0 Å². The molecule has 0 radical (unpaired) electrons. The second kappa shape index (κ2) is 5.71. The van der Waals surface area contributed by atoms with Crippen molar-refractivity contribution in [3.05, 3.63) is 23.0 Å². The van der Waals surface area contributed by atoms with Gasteiger partial charge in [0.2, 0.25) is 0 Å². The zero-order chi connectivity index (χ0) is 14.2. The fourth-order valence-electron chi connectivity index (χ4n) is 3.92. The molecule has 4 heterocycles. The monoisotopic (exact) mass is 304 g/mol. The highest BCUT2D eigenvalue weighted by Gasteiger charge is 2.27. The molecule has 0 bridgehead atoms. The summed E-state index contributed by atoms with van der Waals surface area (Å²) in [7, 11) is 0. The molecule has 2 aliphatic rings. The maximum Gasteiger partial charge on any atom is 0.194 e. The van der Waals surface area contributed by atoms with E-state index in [-0.39, 0.29) is 0 Å². The number of fused-ring (bicyclic) bond motifs is 1. The van der Waals surface area contributed by atoms with E-state index in [1.54, 1.807) is 11.3 Å². The minimum absolute atomic E-state index is 0.785. The molecule has 0 aliphatic carbocycles. The predicted octanol–water partition coefficient (Wildman–Crippen LogP) is 2.76. The van der Waals surface area contributed by atoms with Crippen LogP contribution in [0, 0.1) is 6.92 Å². The molecule has 2 aliphatic heterocycles. The summed E-state index contributed by atoms with van der Waals surface area (Å²) >= 11 is 1.73. The lowest BCUT2D eigenvalue weighted by Gasteiger charge is -2.37. The number of rotatable bonds is 3. The van der Waals surface area contributed by atoms with E-state index in [1.807, 2.05) is 0 Å². The van der Waals surface area contributed by atoms with Crippen LogP contribution in [0.15, 0.2) is 11.6 Å². The van der Waals surface area contributed by atoms with Crippen molar-refractivity contribution in [2.75, 3.05) is 26.2 Å². The van der Waals surface area contributed by atoms with Gasteiger partial charge in [0.05, 0.1) is 11.4 Å². The molecule has 2 aromatic heterocycles. The fraction of sp³-hybridized carbons (Fsp3) is 0.688. The Balaban J connectivity index is 1.48. The zero-order valence-electron chi connectivity index (χ0n) is 12.8. The molecule has 4 nitrogen and oxygen atoms in total. The first-order valence-electron chi connectivity index (χ1n) is 8.19. The highest BCUT2D eigenvalue weighted by Crippen LogP contribution is 2.23. The number of likely N-dealkylation sites (tertiary alicyclic amines) is 2. The van der Waals surface area contributed by atoms with Gasteiger partial charge in [-0.2, -0.15) is 0 Å². The second-order valence-corrected chi connectivity index (χ2v) is 7.35. The van der Waals surface area contributed by atoms with Crippen molar-refractivity contribution in [3.8, 4) is 0 Å². The van der Waals surface area contributed by atoms with Crippen molar-refractivity contribution in [1.29, 1.82) is 0 Å². The summed E-state index contributed by atoms with van der Waals surface area (Å²) in [6, 6.07) is 0.785. The van der Waals surface area contributed by atoms with Gasteiger partial charge in [0, 0.05) is 30.7 Å². The fourth-order valence-corrected chi connectivity index (χ4v) is 4.70. The maximum atomic E-state index is 4.68. The van der Waals surface area contributed by atoms with Gasteiger partial charge in [-0.25, -0.2) is 4.98 Å². The molecule has 0 amide bonds. The van der Waals surface area contributed by atoms with Gasteiger partial charge in [-0.05, 0) is 52.2 Å². The minimum Gasteiger partial charge on any atom is -0.299 e. The Hall–Kier alpha value is -0.910. The van der Waals surface area contributed by atoms with Crippen LogP contribution >= 0.6 is 11.3 Å². The van der Waals surface area contributed by atoms with Gasteiger partial charge in [0.1, 0.15) is 0 Å². The lowest BCUT2D eigenvalue weighted by Crippen LogP contribution is -2.46. The van der Waals surface area contributed by atoms with E-state index in [4.69, 9.17) is 0 Å². The average Bonchev–Trinajstić information content (AvgIpc) is 3.20. The van der Waals surface area contributed by atoms with Crippen LogP contribution < -0.4 is 0 Å². The van der Waals surface area contributed by atoms with Crippen molar-refractivity contribution < 1.29 is 0 Å². The van der Waals surface area contributed by atoms with E-state index < -0.39 is 0 Å². The number of imidazole rings is 1. The molecule has 114 valence electrons. The van der Waals surface area contributed by atoms with Gasteiger partial charge in [0.15, 0.2) is 4.96 Å². The Kier molecular flexibility index (Phi) is 3.73. The molecular weight excluding hydrogens is 280 g/mol. The summed E-state index contributed by atoms with van der Waals surface area (Å²) in [6.07, 6.45) is 7.68. The van der Waals surface area contributed by atoms with Crippen molar-refractivity contribution >= 4 is 16.3 Å². The number of aryl methyl sites for hydroxylation is 1. The number of hydrogen-bond acceptors (Lipinski definition) is 4. The Morgan fingerprint density at radius 3 is 2.95 bits per heavy atom. The molecule has 21 heavy (non-hydrogen) atoms. The molecular formula is C16H24N4S. The number of nitrogens with zero attached hydrogens (tertiary/aromatic N) is 4. The molecule has 0 N–H and O–H groups in total. The zero-order valence-corrected chi connectivity index (χ0v) is 13.6. The first-order chi connectivity index (χ1) is 10.3. The van der Waals surface area contributed by atoms with E-state index in [2.05, 4.69) is 37.7 Å². The summed E-state index contributed by atoms with van der Waals surface area (Å²) < 4.78 is 2.28. The third kappa shape index (κ3) is 2.62. The van der Waals surface area contributed by atoms with Gasteiger partial charge in [-0.15, -0.1) is 11.3 Å². The molecule has 1 unspecified atom stereocenters. The minimum atomic E-state index is 0.785. The first kappa shape index (κ1) is 13.7. The molecule has 2 fully saturated rings. The molecule has 0 spiro atoms. The third-order valence-electron chi connectivity index (χ3n) is 5.07. The molecule has 2 saturated heterocycles. The summed E-state index contributed by atoms with van der Waals surface area (Å²) in [5.74, 6) is 0. The Morgan fingerprint density at radius 2 is 2.10 bits per heavy atom. The van der Waals surface area contributed by atoms with Crippen LogP contribution in [-0.4, -0.2) is 51.4 Å². The van der Waals surface area contributed by atoms with Crippen molar-refractivity contribution in [3.63, 3.8) is 0 Å². The van der Waals surface area contributed by atoms with Gasteiger partial charge in [0.25, 0.3) is 0 Å². The molecule has 0 aromatic carbocycles. The number of hydrogen-bond donors (Lipinski definition) is 0. The Labute approximate surface area is 130 Å². The van der Waals surface area contributed by atoms with E-state index in [0.29, 0.717) is 0 Å². The van der Waals surface area contributed by atoms with Gasteiger partial charge in [-0.3, -0.25) is 14.2 Å². The van der Waals surface area contributed by atoms with Gasteiger partial charge >= 0.3 is 0 Å². The highest BCUT2D eigenvalue weighted by atomic mass is 32.1. The van der Waals surface area contributed by atoms with E-state index >= 15 is 0 Å². The number of piperidine rings is 1. The lowest BCUT2D eigenvalue weighted by atomic mass is 10.0. The van der Waals surface area contributed by atoms with Crippen molar-refractivity contribution in [1.82, 2.24) is 19.2 Å². The topological polar surface area (TPSA) is 23.8 Å². The van der Waals surface area contributed by atoms with Crippen LogP contribution in [0.3, 0.4) is 0 Å². The quantitative estimate of drug-likeness (QED) is 0.871. The van der Waals surface area contributed by atoms with Gasteiger partial charge in [-0.1, -0.05) is 0 Å². The van der Waals surface area contributed by atoms with E-state index in [0.717, 1.165) is 17.5 Å². The largest absolute Gasteiger partial charge is 0.299 e. The Bertz CT molecular complexity index is 611. The normalized spacial score (nSPS) is 25.1. The maximum absolute atomic E-state index is 4.68. The molecule has 2 aromatic rings. The van der Waals surface area contributed by atoms with Crippen LogP contribution in [0.25, 0.3) is 4.96 Å². The van der Waals surface area contributed by atoms with E-state index in [1.165, 1.54) is 63.3 Å². The van der Waals surface area contributed by atoms with Crippen molar-refractivity contribution in [2.45, 2.75) is 45.2 Å². The highest BCUT2D eigenvalue weighted by molar-refractivity contribution is 7.15. The summed E-state index contributed by atoms with van der Waals surface area (Å²) in [6.45, 7) is 8.31. The summed E-state index contributed by atoms with van der Waals surface area (Å²) in [4.78, 5) is 11.2. The molecule has 4 rings (SSSR count). The van der Waals surface area contributed by atoms with E-state index in [9.17, 15) is 0 Å². The molecule has 1 atom stereocenters. The molecule has 5 heteroatoms. The Morgan fingerprint density at radius 1 is 1.24 bits per heavy atom. The SMILES string of the molecule is Cc1nc2sccn2c1CN1CCCC(N2CCCC2)C1. The standard InChI is InChI=1S/C16H24N4S/c1-13-15(20-9-10-21-16(20)17-13)12-18-6-4-5-14(11-18)19-7-2-3-8-19/h9-10,14H,2-8,11-12H2,1H3. The third-order valence-corrected chi connectivity index (χ3v) is 5.83.